The van der Waals surface area contributed by atoms with Crippen molar-refractivity contribution in [3.8, 4) is 0 Å². The zero-order chi connectivity index (χ0) is 17.8. The fraction of sp³-hybridized carbons (Fsp3) is 0.333. The lowest BCUT2D eigenvalue weighted by molar-refractivity contribution is 0.181. The van der Waals surface area contributed by atoms with Gasteiger partial charge < -0.3 is 15.2 Å². The maximum absolute atomic E-state index is 12.4. The smallest absolute Gasteiger partial charge is 0.317 e. The normalized spacial score (nSPS) is 15.3. The van der Waals surface area contributed by atoms with Gasteiger partial charge in [0.25, 0.3) is 0 Å². The number of amides is 2. The number of carbonyl (C=O) groups excluding carboxylic acids is 1. The fourth-order valence-electron chi connectivity index (χ4n) is 3.74. The minimum Gasteiger partial charge on any atom is -0.358 e. The third kappa shape index (κ3) is 3.72. The molecule has 3 aromatic rings. The summed E-state index contributed by atoms with van der Waals surface area (Å²) in [5.41, 5.74) is 3.63. The Morgan fingerprint density at radius 2 is 1.92 bits per heavy atom. The number of aromatic amines is 1. The Morgan fingerprint density at radius 1 is 1.15 bits per heavy atom. The second-order valence-corrected chi connectivity index (χ2v) is 6.91. The number of likely N-dealkylation sites (tertiary alicyclic amines) is 1. The average Bonchev–Trinajstić information content (AvgIpc) is 3.11. The largest absolute Gasteiger partial charge is 0.358 e. The Balaban J connectivity index is 1.24. The van der Waals surface area contributed by atoms with Gasteiger partial charge >= 0.3 is 6.03 Å². The van der Waals surface area contributed by atoms with Crippen molar-refractivity contribution in [3.05, 3.63) is 66.1 Å². The van der Waals surface area contributed by atoms with Crippen molar-refractivity contribution in [3.63, 3.8) is 0 Å². The lowest BCUT2D eigenvalue weighted by atomic mass is 9.90. The van der Waals surface area contributed by atoms with E-state index in [4.69, 9.17) is 0 Å². The van der Waals surface area contributed by atoms with Crippen LogP contribution in [0.15, 0.2) is 54.9 Å². The van der Waals surface area contributed by atoms with E-state index in [2.05, 4.69) is 45.6 Å². The number of H-pyrrole nitrogens is 1. The summed E-state index contributed by atoms with van der Waals surface area (Å²) in [5, 5.41) is 4.27. The first kappa shape index (κ1) is 16.6. The van der Waals surface area contributed by atoms with Crippen LogP contribution in [-0.2, 0) is 6.42 Å². The predicted octanol–water partition coefficient (Wildman–Crippen LogP) is 3.69. The number of pyridine rings is 1. The molecule has 0 saturated carbocycles. The summed E-state index contributed by atoms with van der Waals surface area (Å²) in [7, 11) is 0. The Hall–Kier alpha value is -2.82. The zero-order valence-corrected chi connectivity index (χ0v) is 14.8. The molecule has 5 heteroatoms. The highest BCUT2D eigenvalue weighted by Gasteiger charge is 2.23. The number of benzene rings is 1. The molecule has 2 N–H and O–H groups in total. The van der Waals surface area contributed by atoms with Gasteiger partial charge in [0.1, 0.15) is 0 Å². The third-order valence-electron chi connectivity index (χ3n) is 5.22. The molecule has 2 amide bonds. The first-order valence-corrected chi connectivity index (χ1v) is 9.29. The number of aromatic nitrogens is 2. The third-order valence-corrected chi connectivity index (χ3v) is 5.22. The fourth-order valence-corrected chi connectivity index (χ4v) is 3.74. The van der Waals surface area contributed by atoms with Gasteiger partial charge in [-0.1, -0.05) is 18.2 Å². The number of urea groups is 1. The van der Waals surface area contributed by atoms with E-state index in [9.17, 15) is 4.79 Å². The molecule has 5 nitrogen and oxygen atoms in total. The minimum atomic E-state index is 0.0503. The van der Waals surface area contributed by atoms with Crippen molar-refractivity contribution in [1.29, 1.82) is 0 Å². The number of piperidine rings is 1. The summed E-state index contributed by atoms with van der Waals surface area (Å²) in [5.74, 6) is 0.536. The second-order valence-electron chi connectivity index (χ2n) is 6.91. The molecule has 0 atom stereocenters. The van der Waals surface area contributed by atoms with Crippen molar-refractivity contribution in [2.75, 3.05) is 19.6 Å². The summed E-state index contributed by atoms with van der Waals surface area (Å²) in [6.07, 6.45) is 6.53. The van der Waals surface area contributed by atoms with Crippen LogP contribution >= 0.6 is 0 Å². The Kier molecular flexibility index (Phi) is 4.86. The minimum absolute atomic E-state index is 0.0503. The molecule has 0 radical (unpaired) electrons. The second kappa shape index (κ2) is 7.60. The van der Waals surface area contributed by atoms with E-state index in [0.29, 0.717) is 12.5 Å². The van der Waals surface area contributed by atoms with E-state index >= 15 is 0 Å². The van der Waals surface area contributed by atoms with Gasteiger partial charge in [-0.15, -0.1) is 0 Å². The topological polar surface area (TPSA) is 61.0 Å². The molecular formula is C21H24N4O. The highest BCUT2D eigenvalue weighted by Crippen LogP contribution is 2.27. The van der Waals surface area contributed by atoms with Crippen LogP contribution in [0, 0.1) is 0 Å². The molecule has 0 bridgehead atoms. The van der Waals surface area contributed by atoms with Crippen LogP contribution in [0.2, 0.25) is 0 Å². The van der Waals surface area contributed by atoms with E-state index in [1.165, 1.54) is 10.9 Å². The Bertz CT molecular complexity index is 833. The molecule has 1 aromatic carbocycles. The molecule has 1 aliphatic rings. The van der Waals surface area contributed by atoms with Crippen molar-refractivity contribution < 1.29 is 4.79 Å². The van der Waals surface area contributed by atoms with Gasteiger partial charge in [0.15, 0.2) is 0 Å². The predicted molar refractivity (Wildman–Crippen MR) is 103 cm³/mol. The monoisotopic (exact) mass is 348 g/mol. The number of para-hydroxylation sites is 1. The number of hydrogen-bond donors (Lipinski definition) is 2. The van der Waals surface area contributed by atoms with Gasteiger partial charge in [0.05, 0.1) is 0 Å². The molecule has 3 heterocycles. The van der Waals surface area contributed by atoms with Crippen molar-refractivity contribution in [1.82, 2.24) is 20.2 Å². The zero-order valence-electron chi connectivity index (χ0n) is 14.8. The van der Waals surface area contributed by atoms with Gasteiger partial charge in [-0.2, -0.15) is 0 Å². The molecule has 0 aliphatic carbocycles. The molecule has 0 unspecified atom stereocenters. The average molecular weight is 348 g/mol. The SMILES string of the molecule is O=C(NCCc1cc2ccccc2[nH]1)N1CCC(c2ccncc2)CC1. The number of hydrogen-bond acceptors (Lipinski definition) is 2. The maximum Gasteiger partial charge on any atom is 0.317 e. The standard InChI is InChI=1S/C21H24N4O/c26-21(23-12-7-19-15-18-3-1-2-4-20(18)24-19)25-13-8-17(9-14-25)16-5-10-22-11-6-16/h1-6,10-11,15,17,24H,7-9,12-14H2,(H,23,26). The van der Waals surface area contributed by atoms with Crippen LogP contribution in [-0.4, -0.2) is 40.5 Å². The summed E-state index contributed by atoms with van der Waals surface area (Å²) in [4.78, 5) is 21.8. The summed E-state index contributed by atoms with van der Waals surface area (Å²) in [6, 6.07) is 14.6. The van der Waals surface area contributed by atoms with E-state index in [1.54, 1.807) is 0 Å². The molecule has 1 aliphatic heterocycles. The van der Waals surface area contributed by atoms with Gasteiger partial charge in [-0.25, -0.2) is 4.79 Å². The van der Waals surface area contributed by atoms with Crippen LogP contribution in [0.4, 0.5) is 4.79 Å². The molecule has 0 spiro atoms. The summed E-state index contributed by atoms with van der Waals surface area (Å²) < 4.78 is 0. The van der Waals surface area contributed by atoms with Crippen LogP contribution in [0.3, 0.4) is 0 Å². The molecule has 1 saturated heterocycles. The molecule has 1 fully saturated rings. The highest BCUT2D eigenvalue weighted by atomic mass is 16.2. The van der Waals surface area contributed by atoms with Gasteiger partial charge in [-0.05, 0) is 54.0 Å². The molecular weight excluding hydrogens is 324 g/mol. The number of rotatable bonds is 4. The quantitative estimate of drug-likeness (QED) is 0.755. The van der Waals surface area contributed by atoms with Gasteiger partial charge in [0, 0.05) is 49.7 Å². The van der Waals surface area contributed by atoms with E-state index in [1.807, 2.05) is 29.4 Å². The van der Waals surface area contributed by atoms with Crippen LogP contribution in [0.25, 0.3) is 10.9 Å². The first-order valence-electron chi connectivity index (χ1n) is 9.29. The summed E-state index contributed by atoms with van der Waals surface area (Å²) in [6.45, 7) is 2.27. The van der Waals surface area contributed by atoms with Crippen LogP contribution in [0.1, 0.15) is 30.0 Å². The molecule has 4 rings (SSSR count). The van der Waals surface area contributed by atoms with Crippen LogP contribution in [0.5, 0.6) is 0 Å². The number of nitrogens with one attached hydrogen (secondary N) is 2. The number of carbonyl (C=O) groups is 1. The molecule has 134 valence electrons. The maximum atomic E-state index is 12.4. The van der Waals surface area contributed by atoms with Gasteiger partial charge in [-0.3, -0.25) is 4.98 Å². The summed E-state index contributed by atoms with van der Waals surface area (Å²) >= 11 is 0. The number of fused-ring (bicyclic) bond motifs is 1. The number of nitrogens with zero attached hydrogens (tertiary/aromatic N) is 2. The Labute approximate surface area is 153 Å². The highest BCUT2D eigenvalue weighted by molar-refractivity contribution is 5.80. The van der Waals surface area contributed by atoms with Crippen molar-refractivity contribution in [2.24, 2.45) is 0 Å². The van der Waals surface area contributed by atoms with E-state index in [-0.39, 0.29) is 6.03 Å². The molecule has 2 aromatic heterocycles. The van der Waals surface area contributed by atoms with Crippen LogP contribution < -0.4 is 5.32 Å². The van der Waals surface area contributed by atoms with Gasteiger partial charge in [0.2, 0.25) is 0 Å². The van der Waals surface area contributed by atoms with Crippen molar-refractivity contribution in [2.45, 2.75) is 25.2 Å². The lowest BCUT2D eigenvalue weighted by Crippen LogP contribution is -2.44. The first-order chi connectivity index (χ1) is 12.8. The lowest BCUT2D eigenvalue weighted by Gasteiger charge is -2.32. The van der Waals surface area contributed by atoms with E-state index in [0.717, 1.165) is 43.6 Å². The van der Waals surface area contributed by atoms with Crippen molar-refractivity contribution >= 4 is 16.9 Å². The molecule has 26 heavy (non-hydrogen) atoms. The Morgan fingerprint density at radius 3 is 2.69 bits per heavy atom. The van der Waals surface area contributed by atoms with E-state index < -0.39 is 0 Å².